The molecule has 0 radical (unpaired) electrons. The monoisotopic (exact) mass is 276 g/mol. The summed E-state index contributed by atoms with van der Waals surface area (Å²) in [5, 5.41) is 6.39. The fourth-order valence-electron chi connectivity index (χ4n) is 2.73. The number of hydrogen-bond donors (Lipinski definition) is 2. The Balaban J connectivity index is 2.14. The zero-order valence-electron chi connectivity index (χ0n) is 12.4. The fraction of sp³-hybridized carbons (Fsp3) is 0.562. The first-order chi connectivity index (χ1) is 9.72. The Bertz CT molecular complexity index is 454. The van der Waals surface area contributed by atoms with E-state index in [9.17, 15) is 4.79 Å². The number of para-hydroxylation sites is 2. The van der Waals surface area contributed by atoms with Crippen LogP contribution >= 0.6 is 0 Å². The van der Waals surface area contributed by atoms with Gasteiger partial charge in [0.2, 0.25) is 5.91 Å². The molecule has 0 aromatic heterocycles. The van der Waals surface area contributed by atoms with Crippen molar-refractivity contribution in [2.24, 2.45) is 5.41 Å². The quantitative estimate of drug-likeness (QED) is 0.869. The minimum absolute atomic E-state index is 0.0966. The first kappa shape index (κ1) is 14.9. The van der Waals surface area contributed by atoms with Crippen LogP contribution in [0.2, 0.25) is 0 Å². The molecular weight excluding hydrogens is 252 g/mol. The normalized spacial score (nSPS) is 22.3. The molecule has 20 heavy (non-hydrogen) atoms. The molecule has 0 saturated carbocycles. The van der Waals surface area contributed by atoms with E-state index in [4.69, 9.17) is 4.74 Å². The molecule has 1 aromatic carbocycles. The molecule has 0 spiro atoms. The Labute approximate surface area is 120 Å². The first-order valence-electron chi connectivity index (χ1n) is 7.46. The first-order valence-corrected chi connectivity index (χ1v) is 7.46. The summed E-state index contributed by atoms with van der Waals surface area (Å²) < 4.78 is 5.56. The van der Waals surface area contributed by atoms with E-state index in [0.717, 1.165) is 43.8 Å². The Morgan fingerprint density at radius 3 is 2.85 bits per heavy atom. The van der Waals surface area contributed by atoms with Crippen LogP contribution in [0.15, 0.2) is 24.3 Å². The number of nitrogens with one attached hydrogen (secondary N) is 2. The van der Waals surface area contributed by atoms with Crippen LogP contribution < -0.4 is 15.4 Å². The minimum atomic E-state index is -0.294. The summed E-state index contributed by atoms with van der Waals surface area (Å²) >= 11 is 0. The number of amides is 1. The van der Waals surface area contributed by atoms with Gasteiger partial charge >= 0.3 is 0 Å². The Morgan fingerprint density at radius 1 is 1.40 bits per heavy atom. The van der Waals surface area contributed by atoms with Gasteiger partial charge in [-0.05, 0) is 44.9 Å². The third-order valence-electron chi connectivity index (χ3n) is 4.07. The highest BCUT2D eigenvalue weighted by Gasteiger charge is 2.38. The van der Waals surface area contributed by atoms with Crippen molar-refractivity contribution in [3.05, 3.63) is 24.3 Å². The largest absolute Gasteiger partial charge is 0.492 e. The number of hydrogen-bond acceptors (Lipinski definition) is 3. The average Bonchev–Trinajstić information content (AvgIpc) is 2.50. The molecule has 2 rings (SSSR count). The third kappa shape index (κ3) is 3.12. The maximum Gasteiger partial charge on any atom is 0.231 e. The fourth-order valence-corrected chi connectivity index (χ4v) is 2.73. The molecule has 1 aliphatic heterocycles. The van der Waals surface area contributed by atoms with E-state index < -0.39 is 0 Å². The van der Waals surface area contributed by atoms with Gasteiger partial charge in [0.05, 0.1) is 17.7 Å². The van der Waals surface area contributed by atoms with Gasteiger partial charge < -0.3 is 15.4 Å². The molecule has 1 atom stereocenters. The lowest BCUT2D eigenvalue weighted by atomic mass is 9.77. The van der Waals surface area contributed by atoms with E-state index in [1.807, 2.05) is 31.2 Å². The molecule has 0 bridgehead atoms. The van der Waals surface area contributed by atoms with Gasteiger partial charge in [-0.1, -0.05) is 19.1 Å². The second-order valence-electron chi connectivity index (χ2n) is 5.30. The van der Waals surface area contributed by atoms with E-state index in [-0.39, 0.29) is 11.3 Å². The molecule has 0 aliphatic carbocycles. The molecule has 1 fully saturated rings. The van der Waals surface area contributed by atoms with E-state index in [1.165, 1.54) is 0 Å². The standard InChI is InChI=1S/C16H24N2O2/c1-3-16(10-7-11-17-12-16)15(19)18-13-8-5-6-9-14(13)20-4-2/h5-6,8-9,17H,3-4,7,10-12H2,1-2H3,(H,18,19). The lowest BCUT2D eigenvalue weighted by molar-refractivity contribution is -0.126. The van der Waals surface area contributed by atoms with Gasteiger partial charge in [0.25, 0.3) is 0 Å². The van der Waals surface area contributed by atoms with E-state index >= 15 is 0 Å². The molecule has 4 nitrogen and oxygen atoms in total. The number of ether oxygens (including phenoxy) is 1. The van der Waals surface area contributed by atoms with Gasteiger partial charge in [0.15, 0.2) is 0 Å². The molecule has 1 amide bonds. The zero-order chi connectivity index (χ0) is 14.4. The van der Waals surface area contributed by atoms with Crippen molar-refractivity contribution in [3.63, 3.8) is 0 Å². The summed E-state index contributed by atoms with van der Waals surface area (Å²) in [5.74, 6) is 0.831. The highest BCUT2D eigenvalue weighted by molar-refractivity contribution is 5.96. The summed E-state index contributed by atoms with van der Waals surface area (Å²) in [7, 11) is 0. The van der Waals surface area contributed by atoms with Gasteiger partial charge in [-0.15, -0.1) is 0 Å². The van der Waals surface area contributed by atoms with Gasteiger partial charge in [-0.25, -0.2) is 0 Å². The van der Waals surface area contributed by atoms with Crippen LogP contribution in [0.4, 0.5) is 5.69 Å². The molecule has 1 aliphatic rings. The summed E-state index contributed by atoms with van der Waals surface area (Å²) in [6, 6.07) is 7.60. The highest BCUT2D eigenvalue weighted by atomic mass is 16.5. The van der Waals surface area contributed by atoms with Gasteiger partial charge in [-0.2, -0.15) is 0 Å². The number of anilines is 1. The van der Waals surface area contributed by atoms with E-state index in [0.29, 0.717) is 6.61 Å². The topological polar surface area (TPSA) is 50.4 Å². The average molecular weight is 276 g/mol. The van der Waals surface area contributed by atoms with Crippen molar-refractivity contribution in [1.82, 2.24) is 5.32 Å². The van der Waals surface area contributed by atoms with Crippen molar-refractivity contribution in [2.45, 2.75) is 33.1 Å². The van der Waals surface area contributed by atoms with Crippen molar-refractivity contribution >= 4 is 11.6 Å². The predicted octanol–water partition coefficient (Wildman–Crippen LogP) is 2.80. The summed E-state index contributed by atoms with van der Waals surface area (Å²) in [5.41, 5.74) is 0.468. The van der Waals surface area contributed by atoms with Crippen LogP contribution in [0.5, 0.6) is 5.75 Å². The summed E-state index contributed by atoms with van der Waals surface area (Å²) in [6.07, 6.45) is 2.84. The molecule has 1 saturated heterocycles. The van der Waals surface area contributed by atoms with Crippen molar-refractivity contribution < 1.29 is 9.53 Å². The van der Waals surface area contributed by atoms with Crippen LogP contribution in [0, 0.1) is 5.41 Å². The smallest absolute Gasteiger partial charge is 0.231 e. The second kappa shape index (κ2) is 6.75. The van der Waals surface area contributed by atoms with Crippen LogP contribution in [0.1, 0.15) is 33.1 Å². The second-order valence-corrected chi connectivity index (χ2v) is 5.30. The molecule has 1 aromatic rings. The highest BCUT2D eigenvalue weighted by Crippen LogP contribution is 2.33. The SMILES string of the molecule is CCOc1ccccc1NC(=O)C1(CC)CCCNC1. The van der Waals surface area contributed by atoms with Crippen molar-refractivity contribution in [1.29, 1.82) is 0 Å². The lowest BCUT2D eigenvalue weighted by Gasteiger charge is -2.35. The number of rotatable bonds is 5. The van der Waals surface area contributed by atoms with Crippen molar-refractivity contribution in [3.8, 4) is 5.75 Å². The molecular formula is C16H24N2O2. The molecule has 4 heteroatoms. The summed E-state index contributed by atoms with van der Waals surface area (Å²) in [6.45, 7) is 6.38. The Hall–Kier alpha value is -1.55. The maximum absolute atomic E-state index is 12.7. The zero-order valence-corrected chi connectivity index (χ0v) is 12.4. The number of benzene rings is 1. The molecule has 110 valence electrons. The molecule has 1 heterocycles. The Kier molecular flexibility index (Phi) is 5.01. The van der Waals surface area contributed by atoms with Gasteiger partial charge in [-0.3, -0.25) is 4.79 Å². The number of piperidine rings is 1. The van der Waals surface area contributed by atoms with Gasteiger partial charge in [0, 0.05) is 6.54 Å². The van der Waals surface area contributed by atoms with Crippen LogP contribution in [-0.2, 0) is 4.79 Å². The van der Waals surface area contributed by atoms with Crippen molar-refractivity contribution in [2.75, 3.05) is 25.0 Å². The number of carbonyl (C=O) groups excluding carboxylic acids is 1. The van der Waals surface area contributed by atoms with E-state index in [1.54, 1.807) is 0 Å². The third-order valence-corrected chi connectivity index (χ3v) is 4.07. The van der Waals surface area contributed by atoms with E-state index in [2.05, 4.69) is 17.6 Å². The molecule has 2 N–H and O–H groups in total. The van der Waals surface area contributed by atoms with Crippen LogP contribution in [-0.4, -0.2) is 25.6 Å². The van der Waals surface area contributed by atoms with Crippen LogP contribution in [0.25, 0.3) is 0 Å². The maximum atomic E-state index is 12.7. The number of carbonyl (C=O) groups is 1. The lowest BCUT2D eigenvalue weighted by Crippen LogP contribution is -2.47. The van der Waals surface area contributed by atoms with Crippen LogP contribution in [0.3, 0.4) is 0 Å². The predicted molar refractivity (Wildman–Crippen MR) is 81.1 cm³/mol. The minimum Gasteiger partial charge on any atom is -0.492 e. The summed E-state index contributed by atoms with van der Waals surface area (Å²) in [4.78, 5) is 12.7. The Morgan fingerprint density at radius 2 is 2.20 bits per heavy atom. The van der Waals surface area contributed by atoms with Gasteiger partial charge in [0.1, 0.15) is 5.75 Å². The molecule has 1 unspecified atom stereocenters.